The van der Waals surface area contributed by atoms with Crippen molar-refractivity contribution < 1.29 is 4.79 Å². The number of nitrogens with one attached hydrogen (secondary N) is 2. The predicted molar refractivity (Wildman–Crippen MR) is 57.2 cm³/mol. The lowest BCUT2D eigenvalue weighted by Crippen LogP contribution is -2.20. The Morgan fingerprint density at radius 3 is 3.00 bits per heavy atom. The Morgan fingerprint density at radius 2 is 2.40 bits per heavy atom. The minimum absolute atomic E-state index is 0.0365. The highest BCUT2D eigenvalue weighted by Crippen LogP contribution is 1.93. The molecule has 1 rings (SSSR count). The van der Waals surface area contributed by atoms with Gasteiger partial charge in [0.05, 0.1) is 5.69 Å². The number of carbonyl (C=O) groups excluding carboxylic acids is 1. The summed E-state index contributed by atoms with van der Waals surface area (Å²) in [6.45, 7) is 2.09. The number of rotatable bonds is 4. The van der Waals surface area contributed by atoms with E-state index in [-0.39, 0.29) is 11.5 Å². The monoisotopic (exact) mass is 207 g/mol. The molecule has 0 spiro atoms. The average Bonchev–Trinajstić information content (AvgIpc) is 2.20. The molecule has 0 aliphatic heterocycles. The zero-order valence-corrected chi connectivity index (χ0v) is 8.49. The maximum Gasteiger partial charge on any atom is 0.264 e. The van der Waals surface area contributed by atoms with E-state index in [1.165, 1.54) is 13.0 Å². The summed E-state index contributed by atoms with van der Waals surface area (Å²) in [5.41, 5.74) is 0.475. The Hall–Kier alpha value is -1.91. The second-order valence-corrected chi connectivity index (χ2v) is 3.02. The first-order valence-corrected chi connectivity index (χ1v) is 4.65. The van der Waals surface area contributed by atoms with Gasteiger partial charge in [-0.25, -0.2) is 5.10 Å². The van der Waals surface area contributed by atoms with Gasteiger partial charge in [0.1, 0.15) is 0 Å². The second-order valence-electron chi connectivity index (χ2n) is 3.02. The second kappa shape index (κ2) is 5.74. The third kappa shape index (κ3) is 4.75. The first-order chi connectivity index (χ1) is 7.18. The topological polar surface area (TPSA) is 74.8 Å². The number of nitrogens with zero attached hydrogens (tertiary/aromatic N) is 1. The number of carbonyl (C=O) groups is 1. The molecule has 0 aromatic carbocycles. The van der Waals surface area contributed by atoms with Gasteiger partial charge in [0, 0.05) is 19.5 Å². The van der Waals surface area contributed by atoms with Gasteiger partial charge in [-0.2, -0.15) is 5.10 Å². The van der Waals surface area contributed by atoms with Crippen LogP contribution in [0.25, 0.3) is 6.08 Å². The molecule has 0 saturated heterocycles. The highest BCUT2D eigenvalue weighted by molar-refractivity contribution is 5.72. The maximum atomic E-state index is 10.7. The van der Waals surface area contributed by atoms with Crippen LogP contribution in [0, 0.1) is 0 Å². The minimum atomic E-state index is -0.217. The molecule has 5 nitrogen and oxygen atoms in total. The summed E-state index contributed by atoms with van der Waals surface area (Å²) < 4.78 is 0. The van der Waals surface area contributed by atoms with Crippen molar-refractivity contribution in [3.05, 3.63) is 34.3 Å². The van der Waals surface area contributed by atoms with Gasteiger partial charge >= 0.3 is 0 Å². The van der Waals surface area contributed by atoms with Crippen molar-refractivity contribution in [1.82, 2.24) is 15.5 Å². The minimum Gasteiger partial charge on any atom is -0.356 e. The van der Waals surface area contributed by atoms with Crippen LogP contribution in [-0.4, -0.2) is 22.6 Å². The predicted octanol–water partition coefficient (Wildman–Crippen LogP) is 0.309. The van der Waals surface area contributed by atoms with E-state index in [1.54, 1.807) is 12.1 Å². The Kier molecular flexibility index (Phi) is 4.28. The fourth-order valence-corrected chi connectivity index (χ4v) is 0.984. The van der Waals surface area contributed by atoms with Crippen molar-refractivity contribution >= 4 is 12.0 Å². The molecule has 2 N–H and O–H groups in total. The Labute approximate surface area is 87.2 Å². The first kappa shape index (κ1) is 11.2. The van der Waals surface area contributed by atoms with Crippen LogP contribution in [0.3, 0.4) is 0 Å². The molecule has 0 unspecified atom stereocenters. The average molecular weight is 207 g/mol. The third-order valence-electron chi connectivity index (χ3n) is 1.67. The summed E-state index contributed by atoms with van der Waals surface area (Å²) in [5.74, 6) is -0.0365. The van der Waals surface area contributed by atoms with E-state index < -0.39 is 0 Å². The highest BCUT2D eigenvalue weighted by Gasteiger charge is 1.89. The number of hydrogen-bond acceptors (Lipinski definition) is 3. The number of aromatic nitrogens is 2. The fraction of sp³-hybridized carbons (Fsp3) is 0.300. The Bertz CT molecular complexity index is 389. The third-order valence-corrected chi connectivity index (χ3v) is 1.67. The molecule has 80 valence electrons. The summed E-state index contributed by atoms with van der Waals surface area (Å²) >= 11 is 0. The maximum absolute atomic E-state index is 10.7. The van der Waals surface area contributed by atoms with E-state index >= 15 is 0 Å². The van der Waals surface area contributed by atoms with Crippen molar-refractivity contribution in [1.29, 1.82) is 0 Å². The highest BCUT2D eigenvalue weighted by atomic mass is 16.1. The van der Waals surface area contributed by atoms with E-state index in [1.807, 2.05) is 6.08 Å². The van der Waals surface area contributed by atoms with Crippen molar-refractivity contribution in [2.45, 2.75) is 13.3 Å². The molecule has 1 amide bonds. The van der Waals surface area contributed by atoms with Gasteiger partial charge in [0.2, 0.25) is 5.91 Å². The van der Waals surface area contributed by atoms with Crippen LogP contribution >= 0.6 is 0 Å². The van der Waals surface area contributed by atoms with Crippen LogP contribution in [0.2, 0.25) is 0 Å². The molecule has 0 atom stereocenters. The Morgan fingerprint density at radius 1 is 1.60 bits per heavy atom. The Balaban J connectivity index is 2.35. The van der Waals surface area contributed by atoms with Crippen molar-refractivity contribution in [3.63, 3.8) is 0 Å². The van der Waals surface area contributed by atoms with Gasteiger partial charge in [0.15, 0.2) is 0 Å². The molecule has 0 fully saturated rings. The molecular formula is C10H13N3O2. The molecule has 1 aromatic heterocycles. The number of amides is 1. The van der Waals surface area contributed by atoms with Crippen LogP contribution in [0.1, 0.15) is 19.0 Å². The lowest BCUT2D eigenvalue weighted by molar-refractivity contribution is -0.118. The summed E-state index contributed by atoms with van der Waals surface area (Å²) in [6.07, 6.45) is 4.41. The van der Waals surface area contributed by atoms with Crippen molar-refractivity contribution in [3.8, 4) is 0 Å². The normalized spacial score (nSPS) is 10.5. The quantitative estimate of drug-likeness (QED) is 0.698. The molecule has 0 bridgehead atoms. The van der Waals surface area contributed by atoms with Crippen LogP contribution < -0.4 is 10.9 Å². The van der Waals surface area contributed by atoms with Crippen molar-refractivity contribution in [2.24, 2.45) is 0 Å². The van der Waals surface area contributed by atoms with Gasteiger partial charge < -0.3 is 5.32 Å². The fourth-order valence-electron chi connectivity index (χ4n) is 0.984. The zero-order valence-electron chi connectivity index (χ0n) is 8.49. The summed E-state index contributed by atoms with van der Waals surface area (Å²) in [4.78, 5) is 21.2. The molecule has 1 aromatic rings. The van der Waals surface area contributed by atoms with E-state index in [2.05, 4.69) is 15.5 Å². The number of H-pyrrole nitrogens is 1. The number of hydrogen-bond donors (Lipinski definition) is 2. The van der Waals surface area contributed by atoms with E-state index in [4.69, 9.17) is 0 Å². The van der Waals surface area contributed by atoms with Gasteiger partial charge in [0.25, 0.3) is 5.56 Å². The first-order valence-electron chi connectivity index (χ1n) is 4.65. The van der Waals surface area contributed by atoms with Crippen LogP contribution in [0.5, 0.6) is 0 Å². The van der Waals surface area contributed by atoms with Crippen molar-refractivity contribution in [2.75, 3.05) is 6.54 Å². The van der Waals surface area contributed by atoms with E-state index in [9.17, 15) is 9.59 Å². The lowest BCUT2D eigenvalue weighted by atomic mass is 10.3. The lowest BCUT2D eigenvalue weighted by Gasteiger charge is -1.96. The standard InChI is InChI=1S/C10H13N3O2/c1-8(14)11-7-3-2-4-9-5-6-10(15)13-12-9/h2,4-6H,3,7H2,1H3,(H,11,14)(H,13,15). The SMILES string of the molecule is CC(=O)NCCC=Cc1ccc(=O)[nH]n1. The zero-order chi connectivity index (χ0) is 11.1. The van der Waals surface area contributed by atoms with E-state index in [0.717, 1.165) is 6.42 Å². The molecular weight excluding hydrogens is 194 g/mol. The smallest absolute Gasteiger partial charge is 0.264 e. The molecule has 15 heavy (non-hydrogen) atoms. The molecule has 0 aliphatic rings. The molecule has 1 heterocycles. The van der Waals surface area contributed by atoms with E-state index in [0.29, 0.717) is 12.2 Å². The van der Waals surface area contributed by atoms with Gasteiger partial charge in [-0.1, -0.05) is 6.08 Å². The van der Waals surface area contributed by atoms with Gasteiger partial charge in [-0.3, -0.25) is 9.59 Å². The number of aromatic amines is 1. The molecule has 0 aliphatic carbocycles. The van der Waals surface area contributed by atoms with Crippen LogP contribution in [0.4, 0.5) is 0 Å². The largest absolute Gasteiger partial charge is 0.356 e. The summed E-state index contributed by atoms with van der Waals surface area (Å²) in [6, 6.07) is 3.05. The summed E-state index contributed by atoms with van der Waals surface area (Å²) in [7, 11) is 0. The molecule has 0 radical (unpaired) electrons. The van der Waals surface area contributed by atoms with Crippen LogP contribution in [0.15, 0.2) is 23.0 Å². The molecule has 5 heteroatoms. The molecule has 0 saturated carbocycles. The van der Waals surface area contributed by atoms with Gasteiger partial charge in [-0.15, -0.1) is 0 Å². The van der Waals surface area contributed by atoms with Gasteiger partial charge in [-0.05, 0) is 18.6 Å². The summed E-state index contributed by atoms with van der Waals surface area (Å²) in [5, 5.41) is 8.80. The van der Waals surface area contributed by atoms with Crippen LogP contribution in [-0.2, 0) is 4.79 Å².